The summed E-state index contributed by atoms with van der Waals surface area (Å²) in [7, 11) is 1.65. The molecule has 0 atom stereocenters. The Morgan fingerprint density at radius 3 is 2.34 bits per heavy atom. The Morgan fingerprint density at radius 2 is 1.68 bits per heavy atom. The molecule has 2 heterocycles. The Hall–Kier alpha value is -4.72. The van der Waals surface area contributed by atoms with Crippen molar-refractivity contribution in [2.45, 2.75) is 55.4 Å². The van der Waals surface area contributed by atoms with Crippen LogP contribution in [-0.4, -0.2) is 41.3 Å². The van der Waals surface area contributed by atoms with Crippen molar-refractivity contribution in [3.63, 3.8) is 0 Å². The van der Waals surface area contributed by atoms with E-state index in [-0.39, 0.29) is 11.0 Å². The quantitative estimate of drug-likeness (QED) is 0.226. The third-order valence-corrected chi connectivity index (χ3v) is 7.98. The molecule has 0 amide bonds. The second-order valence-corrected chi connectivity index (χ2v) is 12.2. The third kappa shape index (κ3) is 5.76. The third-order valence-electron chi connectivity index (χ3n) is 7.98. The molecule has 0 saturated heterocycles. The summed E-state index contributed by atoms with van der Waals surface area (Å²) in [5.74, 6) is 1.17. The number of hydrogen-bond donors (Lipinski definition) is 1. The normalized spacial score (nSPS) is 13.6. The standard InChI is InChI=1S/C36H42N6O2/c1-10-41(11-2)25-17-18-27(23(4)21-25)38-32-33(36(6,7)8)40-42-34(32)39-31(24(5)35(42)43)26-14-12-13-15-28(26)37-29-20-22(3)16-19-30(29)44-9/h12-21,37H,10-11H2,1-9H3/b38-32-. The maximum atomic E-state index is 13.9. The first-order valence-electron chi connectivity index (χ1n) is 15.2. The minimum Gasteiger partial charge on any atom is -0.495 e. The van der Waals surface area contributed by atoms with Gasteiger partial charge in [-0.3, -0.25) is 4.79 Å². The number of aryl methyl sites for hydroxylation is 2. The Kier molecular flexibility index (Phi) is 8.46. The molecule has 1 aromatic heterocycles. The number of anilines is 3. The number of hydrogen-bond acceptors (Lipinski definition) is 7. The van der Waals surface area contributed by atoms with Gasteiger partial charge in [0.15, 0.2) is 5.82 Å². The second-order valence-electron chi connectivity index (χ2n) is 12.2. The average Bonchev–Trinajstić information content (AvgIpc) is 3.36. The van der Waals surface area contributed by atoms with Crippen LogP contribution < -0.4 is 20.5 Å². The molecule has 8 heteroatoms. The fourth-order valence-corrected chi connectivity index (χ4v) is 5.50. The number of nitrogens with zero attached hydrogens (tertiary/aromatic N) is 5. The van der Waals surface area contributed by atoms with Crippen LogP contribution in [0.2, 0.25) is 0 Å². The Morgan fingerprint density at radius 1 is 0.955 bits per heavy atom. The topological polar surface area (TPSA) is 84.1 Å². The van der Waals surface area contributed by atoms with Gasteiger partial charge in [-0.05, 0) is 82.1 Å². The molecule has 44 heavy (non-hydrogen) atoms. The molecule has 0 bridgehead atoms. The van der Waals surface area contributed by atoms with Crippen LogP contribution in [-0.2, 0) is 0 Å². The Bertz CT molecular complexity index is 1840. The first-order valence-corrected chi connectivity index (χ1v) is 15.2. The Balaban J connectivity index is 1.67. The number of methoxy groups -OCH3 is 1. The molecule has 0 aliphatic carbocycles. The van der Waals surface area contributed by atoms with Gasteiger partial charge in [0.1, 0.15) is 11.5 Å². The summed E-state index contributed by atoms with van der Waals surface area (Å²) in [4.78, 5) is 26.5. The highest BCUT2D eigenvalue weighted by Gasteiger charge is 2.35. The molecule has 1 N–H and O–H groups in total. The minimum absolute atomic E-state index is 0.214. The van der Waals surface area contributed by atoms with Crippen LogP contribution in [0.5, 0.6) is 5.75 Å². The lowest BCUT2D eigenvalue weighted by molar-refractivity contribution is 0.416. The smallest absolute Gasteiger partial charge is 0.278 e. The molecule has 0 radical (unpaired) electrons. The van der Waals surface area contributed by atoms with E-state index >= 15 is 0 Å². The van der Waals surface area contributed by atoms with Crippen LogP contribution in [0.15, 0.2) is 75.6 Å². The maximum absolute atomic E-state index is 13.9. The SMILES string of the molecule is CCN(CC)c1ccc(/N=C2/C(C(C)(C)C)=Nn3c2nc(-c2ccccc2Nc2cc(C)ccc2OC)c(C)c3=O)c(C)c1. The molecule has 1 aliphatic rings. The van der Waals surface area contributed by atoms with Crippen LogP contribution >= 0.6 is 0 Å². The van der Waals surface area contributed by atoms with Crippen LogP contribution in [0.3, 0.4) is 0 Å². The summed E-state index contributed by atoms with van der Waals surface area (Å²) < 4.78 is 7.03. The van der Waals surface area contributed by atoms with E-state index in [2.05, 4.69) is 63.9 Å². The van der Waals surface area contributed by atoms with Crippen molar-refractivity contribution >= 4 is 34.2 Å². The highest BCUT2D eigenvalue weighted by atomic mass is 16.5. The molecular weight excluding hydrogens is 548 g/mol. The minimum atomic E-state index is -0.372. The molecule has 0 unspecified atom stereocenters. The molecule has 0 saturated carbocycles. The highest BCUT2D eigenvalue weighted by molar-refractivity contribution is 6.50. The van der Waals surface area contributed by atoms with Crippen molar-refractivity contribution in [2.75, 3.05) is 30.4 Å². The van der Waals surface area contributed by atoms with E-state index in [1.54, 1.807) is 14.0 Å². The summed E-state index contributed by atoms with van der Waals surface area (Å²) in [5.41, 5.74) is 8.43. The molecule has 5 rings (SSSR count). The van der Waals surface area contributed by atoms with E-state index in [1.807, 2.05) is 55.5 Å². The van der Waals surface area contributed by atoms with E-state index in [0.29, 0.717) is 22.8 Å². The summed E-state index contributed by atoms with van der Waals surface area (Å²) in [5, 5.41) is 8.33. The second kappa shape index (κ2) is 12.1. The van der Waals surface area contributed by atoms with E-state index in [4.69, 9.17) is 19.8 Å². The number of ether oxygens (including phenoxy) is 1. The predicted molar refractivity (Wildman–Crippen MR) is 183 cm³/mol. The fraction of sp³-hybridized carbons (Fsp3) is 0.333. The lowest BCUT2D eigenvalue weighted by Crippen LogP contribution is -2.28. The number of benzene rings is 3. The fourth-order valence-electron chi connectivity index (χ4n) is 5.50. The maximum Gasteiger partial charge on any atom is 0.278 e. The van der Waals surface area contributed by atoms with Gasteiger partial charge in [-0.25, -0.2) is 9.98 Å². The van der Waals surface area contributed by atoms with Crippen LogP contribution in [0.4, 0.5) is 22.7 Å². The van der Waals surface area contributed by atoms with Crippen molar-refractivity contribution in [1.82, 2.24) is 9.66 Å². The number of rotatable bonds is 8. The van der Waals surface area contributed by atoms with Gasteiger partial charge in [0.05, 0.1) is 29.9 Å². The van der Waals surface area contributed by atoms with E-state index < -0.39 is 0 Å². The van der Waals surface area contributed by atoms with Crippen LogP contribution in [0.1, 0.15) is 57.1 Å². The monoisotopic (exact) mass is 590 g/mol. The first kappa shape index (κ1) is 30.7. The zero-order chi connectivity index (χ0) is 31.8. The molecule has 8 nitrogen and oxygen atoms in total. The summed E-state index contributed by atoms with van der Waals surface area (Å²) >= 11 is 0. The zero-order valence-corrected chi connectivity index (χ0v) is 27.2. The molecule has 4 aromatic rings. The van der Waals surface area contributed by atoms with Gasteiger partial charge in [-0.15, -0.1) is 0 Å². The van der Waals surface area contributed by atoms with E-state index in [9.17, 15) is 4.79 Å². The number of para-hydroxylation sites is 1. The highest BCUT2D eigenvalue weighted by Crippen LogP contribution is 2.36. The molecule has 0 fully saturated rings. The first-order chi connectivity index (χ1) is 21.0. The van der Waals surface area contributed by atoms with Gasteiger partial charge < -0.3 is 15.0 Å². The zero-order valence-electron chi connectivity index (χ0n) is 27.2. The molecular formula is C36H42N6O2. The van der Waals surface area contributed by atoms with Gasteiger partial charge in [-0.1, -0.05) is 45.0 Å². The van der Waals surface area contributed by atoms with Crippen molar-refractivity contribution in [1.29, 1.82) is 0 Å². The van der Waals surface area contributed by atoms with Crippen molar-refractivity contribution in [2.24, 2.45) is 15.5 Å². The van der Waals surface area contributed by atoms with Crippen LogP contribution in [0.25, 0.3) is 11.3 Å². The lowest BCUT2D eigenvalue weighted by atomic mass is 9.87. The predicted octanol–water partition coefficient (Wildman–Crippen LogP) is 7.82. The van der Waals surface area contributed by atoms with Gasteiger partial charge >= 0.3 is 0 Å². The molecule has 1 aliphatic heterocycles. The summed E-state index contributed by atoms with van der Waals surface area (Å²) in [6.07, 6.45) is 0. The molecule has 0 spiro atoms. The van der Waals surface area contributed by atoms with Crippen LogP contribution in [0, 0.1) is 26.2 Å². The van der Waals surface area contributed by atoms with Gasteiger partial charge in [0.2, 0.25) is 0 Å². The largest absolute Gasteiger partial charge is 0.495 e. The molecule has 3 aromatic carbocycles. The van der Waals surface area contributed by atoms with Crippen molar-refractivity contribution in [3.05, 3.63) is 93.5 Å². The summed E-state index contributed by atoms with van der Waals surface area (Å²) in [6, 6.07) is 20.2. The van der Waals surface area contributed by atoms with Gasteiger partial charge in [0, 0.05) is 41.0 Å². The number of nitrogens with one attached hydrogen (secondary N) is 1. The number of aromatic nitrogens is 2. The summed E-state index contributed by atoms with van der Waals surface area (Å²) in [6.45, 7) is 18.3. The lowest BCUT2D eigenvalue weighted by Gasteiger charge is -2.22. The number of aliphatic imine (C=N–C) groups is 1. The van der Waals surface area contributed by atoms with Crippen molar-refractivity contribution < 1.29 is 4.74 Å². The van der Waals surface area contributed by atoms with Crippen molar-refractivity contribution in [3.8, 4) is 17.0 Å². The Labute approximate surface area is 260 Å². The van der Waals surface area contributed by atoms with E-state index in [0.717, 1.165) is 64.0 Å². The van der Waals surface area contributed by atoms with Gasteiger partial charge in [-0.2, -0.15) is 9.78 Å². The number of fused-ring (bicyclic) bond motifs is 1. The van der Waals surface area contributed by atoms with E-state index in [1.165, 1.54) is 4.68 Å². The van der Waals surface area contributed by atoms with Gasteiger partial charge in [0.25, 0.3) is 5.56 Å². The average molecular weight is 591 g/mol. The molecule has 228 valence electrons.